The fourth-order valence-corrected chi connectivity index (χ4v) is 2.22. The van der Waals surface area contributed by atoms with Crippen molar-refractivity contribution in [1.29, 1.82) is 0 Å². The van der Waals surface area contributed by atoms with Crippen LogP contribution in [0.3, 0.4) is 0 Å². The molecule has 0 amide bonds. The summed E-state index contributed by atoms with van der Waals surface area (Å²) in [4.78, 5) is 4.68. The number of hydrogen-bond donors (Lipinski definition) is 1. The lowest BCUT2D eigenvalue weighted by atomic mass is 10.0. The Morgan fingerprint density at radius 1 is 1.28 bits per heavy atom. The lowest BCUT2D eigenvalue weighted by molar-refractivity contribution is 0.411. The van der Waals surface area contributed by atoms with E-state index in [1.165, 1.54) is 24.1 Å². The first kappa shape index (κ1) is 17.4. The van der Waals surface area contributed by atoms with Gasteiger partial charge in [-0.25, -0.2) is 0 Å². The third-order valence-corrected chi connectivity index (χ3v) is 3.14. The second-order valence-corrected chi connectivity index (χ2v) is 4.78. The Morgan fingerprint density at radius 2 is 2.00 bits per heavy atom. The maximum atomic E-state index is 5.86. The summed E-state index contributed by atoms with van der Waals surface area (Å²) in [6, 6.07) is 6.30. The van der Waals surface area contributed by atoms with E-state index in [-0.39, 0.29) is 24.8 Å². The number of halogens is 2. The molecular weight excluding hydrogens is 269 g/mol. The van der Waals surface area contributed by atoms with Crippen molar-refractivity contribution in [3.8, 4) is 0 Å². The van der Waals surface area contributed by atoms with Crippen LogP contribution in [0.2, 0.25) is 0 Å². The second-order valence-electron chi connectivity index (χ2n) is 4.78. The van der Waals surface area contributed by atoms with E-state index in [0.29, 0.717) is 0 Å². The van der Waals surface area contributed by atoms with Gasteiger partial charge in [-0.15, -0.1) is 24.8 Å². The van der Waals surface area contributed by atoms with Crippen molar-refractivity contribution < 1.29 is 0 Å². The van der Waals surface area contributed by atoms with Gasteiger partial charge in [0.15, 0.2) is 0 Å². The van der Waals surface area contributed by atoms with Gasteiger partial charge in [-0.1, -0.05) is 6.07 Å². The minimum Gasteiger partial charge on any atom is -0.399 e. The number of nitrogens with two attached hydrogens (primary N) is 1. The summed E-state index contributed by atoms with van der Waals surface area (Å²) in [5, 5.41) is 0. The van der Waals surface area contributed by atoms with Crippen LogP contribution in [-0.4, -0.2) is 38.6 Å². The fraction of sp³-hybridized carbons (Fsp3) is 0.538. The first-order valence-corrected chi connectivity index (χ1v) is 5.95. The van der Waals surface area contributed by atoms with E-state index in [1.54, 1.807) is 0 Å². The molecule has 5 heteroatoms. The Kier molecular flexibility index (Phi) is 7.45. The summed E-state index contributed by atoms with van der Waals surface area (Å²) in [6.45, 7) is 3.34. The summed E-state index contributed by atoms with van der Waals surface area (Å²) >= 11 is 0. The zero-order valence-corrected chi connectivity index (χ0v) is 12.7. The van der Waals surface area contributed by atoms with Crippen molar-refractivity contribution >= 4 is 36.2 Å². The maximum absolute atomic E-state index is 5.86. The quantitative estimate of drug-likeness (QED) is 0.869. The number of benzene rings is 1. The van der Waals surface area contributed by atoms with Gasteiger partial charge >= 0.3 is 0 Å². The molecule has 104 valence electrons. The first-order valence-electron chi connectivity index (χ1n) is 5.95. The third kappa shape index (κ3) is 4.23. The molecule has 2 rings (SSSR count). The molecule has 1 aliphatic heterocycles. The highest BCUT2D eigenvalue weighted by atomic mass is 35.5. The molecule has 0 fully saturated rings. The number of rotatable bonds is 3. The predicted molar refractivity (Wildman–Crippen MR) is 84.4 cm³/mol. The molecule has 2 N–H and O–H groups in total. The Bertz CT molecular complexity index is 369. The van der Waals surface area contributed by atoms with Crippen LogP contribution in [0.5, 0.6) is 0 Å². The lowest BCUT2D eigenvalue weighted by Gasteiger charge is -2.32. The highest BCUT2D eigenvalue weighted by molar-refractivity contribution is 5.85. The number of likely N-dealkylation sites (N-methyl/N-ethyl adjacent to an activating group) is 1. The van der Waals surface area contributed by atoms with E-state index < -0.39 is 0 Å². The summed E-state index contributed by atoms with van der Waals surface area (Å²) in [5.41, 5.74) is 9.52. The lowest BCUT2D eigenvalue weighted by Crippen LogP contribution is -2.35. The van der Waals surface area contributed by atoms with Gasteiger partial charge in [0.2, 0.25) is 0 Å². The molecule has 1 aliphatic rings. The van der Waals surface area contributed by atoms with Crippen LogP contribution in [0.25, 0.3) is 0 Å². The number of nitrogen functional groups attached to an aromatic ring is 1. The average molecular weight is 292 g/mol. The first-order chi connectivity index (χ1) is 7.66. The van der Waals surface area contributed by atoms with Crippen molar-refractivity contribution in [3.63, 3.8) is 0 Å². The van der Waals surface area contributed by atoms with Gasteiger partial charge in [0.05, 0.1) is 0 Å². The molecule has 1 aromatic rings. The third-order valence-electron chi connectivity index (χ3n) is 3.14. The molecule has 0 bridgehead atoms. The van der Waals surface area contributed by atoms with E-state index in [4.69, 9.17) is 5.73 Å². The molecule has 0 radical (unpaired) electrons. The van der Waals surface area contributed by atoms with Crippen molar-refractivity contribution in [2.75, 3.05) is 44.4 Å². The molecule has 18 heavy (non-hydrogen) atoms. The Balaban J connectivity index is 0.00000144. The minimum atomic E-state index is 0. The van der Waals surface area contributed by atoms with Crippen LogP contribution in [0.15, 0.2) is 18.2 Å². The standard InChI is InChI=1S/C13H21N3.2ClH/c1-15(2)8-9-16-7-3-4-11-5-6-12(14)10-13(11)16;;/h5-6,10H,3-4,7-9,14H2,1-2H3;2*1H. The van der Waals surface area contributed by atoms with E-state index in [2.05, 4.69) is 36.0 Å². The highest BCUT2D eigenvalue weighted by Crippen LogP contribution is 2.28. The minimum absolute atomic E-state index is 0. The molecule has 0 saturated heterocycles. The summed E-state index contributed by atoms with van der Waals surface area (Å²) in [5.74, 6) is 0. The number of nitrogens with zero attached hydrogens (tertiary/aromatic N) is 2. The van der Waals surface area contributed by atoms with Gasteiger partial charge in [0, 0.05) is 31.0 Å². The van der Waals surface area contributed by atoms with Crippen LogP contribution in [-0.2, 0) is 6.42 Å². The number of hydrogen-bond acceptors (Lipinski definition) is 3. The molecule has 0 spiro atoms. The number of anilines is 2. The topological polar surface area (TPSA) is 32.5 Å². The monoisotopic (exact) mass is 291 g/mol. The Hall–Kier alpha value is -0.640. The van der Waals surface area contributed by atoms with E-state index in [9.17, 15) is 0 Å². The second kappa shape index (κ2) is 7.72. The number of fused-ring (bicyclic) bond motifs is 1. The molecule has 1 heterocycles. The van der Waals surface area contributed by atoms with Gasteiger partial charge in [-0.2, -0.15) is 0 Å². The van der Waals surface area contributed by atoms with Crippen molar-refractivity contribution in [2.45, 2.75) is 12.8 Å². The van der Waals surface area contributed by atoms with Gasteiger partial charge in [0.1, 0.15) is 0 Å². The molecule has 0 saturated carbocycles. The predicted octanol–water partition coefficient (Wildman–Crippen LogP) is 2.43. The molecule has 0 aliphatic carbocycles. The smallest absolute Gasteiger partial charge is 0.0419 e. The molecule has 1 aromatic carbocycles. The normalized spacial score (nSPS) is 13.6. The van der Waals surface area contributed by atoms with Crippen LogP contribution >= 0.6 is 24.8 Å². The van der Waals surface area contributed by atoms with Gasteiger partial charge in [-0.3, -0.25) is 0 Å². The highest BCUT2D eigenvalue weighted by Gasteiger charge is 2.16. The summed E-state index contributed by atoms with van der Waals surface area (Å²) < 4.78 is 0. The zero-order chi connectivity index (χ0) is 11.5. The Morgan fingerprint density at radius 3 is 2.67 bits per heavy atom. The molecule has 0 aromatic heterocycles. The molecule has 0 atom stereocenters. The van der Waals surface area contributed by atoms with E-state index >= 15 is 0 Å². The van der Waals surface area contributed by atoms with Crippen LogP contribution in [0, 0.1) is 0 Å². The van der Waals surface area contributed by atoms with Crippen LogP contribution in [0.4, 0.5) is 11.4 Å². The Labute approximate surface area is 122 Å². The van der Waals surface area contributed by atoms with Crippen LogP contribution < -0.4 is 10.6 Å². The van der Waals surface area contributed by atoms with Crippen molar-refractivity contribution in [3.05, 3.63) is 23.8 Å². The zero-order valence-electron chi connectivity index (χ0n) is 11.1. The van der Waals surface area contributed by atoms with Gasteiger partial charge < -0.3 is 15.5 Å². The van der Waals surface area contributed by atoms with Crippen molar-refractivity contribution in [1.82, 2.24) is 4.90 Å². The molecule has 0 unspecified atom stereocenters. The largest absolute Gasteiger partial charge is 0.399 e. The fourth-order valence-electron chi connectivity index (χ4n) is 2.22. The summed E-state index contributed by atoms with van der Waals surface area (Å²) in [6.07, 6.45) is 2.44. The molecular formula is C13H23Cl2N3. The van der Waals surface area contributed by atoms with E-state index in [0.717, 1.165) is 25.3 Å². The SMILES string of the molecule is CN(C)CCN1CCCc2ccc(N)cc21.Cl.Cl. The van der Waals surface area contributed by atoms with Crippen LogP contribution in [0.1, 0.15) is 12.0 Å². The van der Waals surface area contributed by atoms with Gasteiger partial charge in [0.25, 0.3) is 0 Å². The summed E-state index contributed by atoms with van der Waals surface area (Å²) in [7, 11) is 4.23. The average Bonchev–Trinajstić information content (AvgIpc) is 2.26. The van der Waals surface area contributed by atoms with E-state index in [1.807, 2.05) is 6.07 Å². The van der Waals surface area contributed by atoms with Gasteiger partial charge in [-0.05, 0) is 44.6 Å². The number of aryl methyl sites for hydroxylation is 1. The maximum Gasteiger partial charge on any atom is 0.0419 e. The molecule has 3 nitrogen and oxygen atoms in total. The van der Waals surface area contributed by atoms with Crippen molar-refractivity contribution in [2.24, 2.45) is 0 Å².